The van der Waals surface area contributed by atoms with Crippen LogP contribution in [0.4, 0.5) is 5.69 Å². The van der Waals surface area contributed by atoms with Gasteiger partial charge in [0.05, 0.1) is 24.0 Å². The first-order chi connectivity index (χ1) is 10.6. The first-order valence-electron chi connectivity index (χ1n) is 7.88. The Kier molecular flexibility index (Phi) is 4.16. The molecule has 0 aliphatic carbocycles. The van der Waals surface area contributed by atoms with Crippen LogP contribution in [0.1, 0.15) is 31.7 Å². The molecular weight excluding hydrogens is 282 g/mol. The Morgan fingerprint density at radius 1 is 1.18 bits per heavy atom. The largest absolute Gasteiger partial charge is 0.481 e. The fraction of sp³-hybridized carbons (Fsp3) is 0.529. The number of hydrogen-bond acceptors (Lipinski definition) is 3. The smallest absolute Gasteiger partial charge is 0.310 e. The molecule has 3 rings (SSSR count). The molecule has 1 aromatic carbocycles. The third-order valence-corrected chi connectivity index (χ3v) is 4.62. The summed E-state index contributed by atoms with van der Waals surface area (Å²) in [5.41, 5.74) is 1.93. The monoisotopic (exact) mass is 303 g/mol. The lowest BCUT2D eigenvalue weighted by Crippen LogP contribution is -2.40. The van der Waals surface area contributed by atoms with Crippen molar-refractivity contribution in [3.05, 3.63) is 29.8 Å². The van der Waals surface area contributed by atoms with Crippen LogP contribution in [-0.4, -0.2) is 29.2 Å². The lowest BCUT2D eigenvalue weighted by molar-refractivity contribution is -0.147. The highest BCUT2D eigenvalue weighted by Crippen LogP contribution is 2.44. The molecule has 2 heterocycles. The van der Waals surface area contributed by atoms with Gasteiger partial charge in [-0.05, 0) is 37.0 Å². The van der Waals surface area contributed by atoms with Gasteiger partial charge in [0.1, 0.15) is 0 Å². The van der Waals surface area contributed by atoms with E-state index in [1.807, 2.05) is 24.3 Å². The van der Waals surface area contributed by atoms with Crippen molar-refractivity contribution >= 4 is 17.6 Å². The van der Waals surface area contributed by atoms with Gasteiger partial charge in [-0.3, -0.25) is 9.59 Å². The molecular formula is C17H21NO4. The Morgan fingerprint density at radius 2 is 1.82 bits per heavy atom. The Bertz CT molecular complexity index is 569. The van der Waals surface area contributed by atoms with Crippen molar-refractivity contribution in [2.45, 2.75) is 44.8 Å². The molecule has 2 fully saturated rings. The molecule has 2 aliphatic rings. The molecule has 22 heavy (non-hydrogen) atoms. The number of nitrogens with one attached hydrogen (secondary N) is 1. The predicted octanol–water partition coefficient (Wildman–Crippen LogP) is 2.46. The molecule has 5 nitrogen and oxygen atoms in total. The maximum atomic E-state index is 12.5. The van der Waals surface area contributed by atoms with E-state index >= 15 is 0 Å². The zero-order valence-corrected chi connectivity index (χ0v) is 12.6. The van der Waals surface area contributed by atoms with Crippen molar-refractivity contribution in [3.8, 4) is 0 Å². The van der Waals surface area contributed by atoms with Gasteiger partial charge in [0.25, 0.3) is 0 Å². The van der Waals surface area contributed by atoms with Crippen LogP contribution < -0.4 is 5.32 Å². The molecule has 2 saturated heterocycles. The second kappa shape index (κ2) is 6.08. The topological polar surface area (TPSA) is 75.6 Å². The molecule has 2 aliphatic heterocycles. The Hall–Kier alpha value is -1.88. The third kappa shape index (κ3) is 2.73. The van der Waals surface area contributed by atoms with Crippen LogP contribution in [0.15, 0.2) is 24.3 Å². The van der Waals surface area contributed by atoms with E-state index in [2.05, 4.69) is 12.2 Å². The molecule has 0 saturated carbocycles. The van der Waals surface area contributed by atoms with Crippen molar-refractivity contribution in [1.29, 1.82) is 0 Å². The Labute approximate surface area is 129 Å². The molecule has 0 radical (unpaired) electrons. The van der Waals surface area contributed by atoms with E-state index in [1.165, 1.54) is 5.56 Å². The van der Waals surface area contributed by atoms with Gasteiger partial charge in [-0.1, -0.05) is 25.5 Å². The minimum atomic E-state index is -0.939. The highest BCUT2D eigenvalue weighted by atomic mass is 16.5. The van der Waals surface area contributed by atoms with Crippen molar-refractivity contribution in [2.75, 3.05) is 5.32 Å². The molecule has 4 atom stereocenters. The van der Waals surface area contributed by atoms with Gasteiger partial charge in [0.2, 0.25) is 5.91 Å². The number of fused-ring (bicyclic) bond motifs is 2. The maximum Gasteiger partial charge on any atom is 0.310 e. The number of hydrogen-bond donors (Lipinski definition) is 2. The number of rotatable bonds is 5. The van der Waals surface area contributed by atoms with Crippen molar-refractivity contribution in [3.63, 3.8) is 0 Å². The van der Waals surface area contributed by atoms with E-state index in [1.54, 1.807) is 0 Å². The molecule has 1 aromatic rings. The van der Waals surface area contributed by atoms with Crippen LogP contribution in [0.3, 0.4) is 0 Å². The molecule has 2 bridgehead atoms. The number of carboxylic acid groups (broad SMARTS) is 1. The number of benzene rings is 1. The van der Waals surface area contributed by atoms with Crippen molar-refractivity contribution < 1.29 is 19.4 Å². The number of aliphatic carboxylic acids is 1. The van der Waals surface area contributed by atoms with Crippen molar-refractivity contribution in [1.82, 2.24) is 0 Å². The number of anilines is 1. The maximum absolute atomic E-state index is 12.5. The highest BCUT2D eigenvalue weighted by Gasteiger charge is 2.55. The highest BCUT2D eigenvalue weighted by molar-refractivity contribution is 5.96. The first kappa shape index (κ1) is 15.0. The van der Waals surface area contributed by atoms with Gasteiger partial charge >= 0.3 is 5.97 Å². The minimum Gasteiger partial charge on any atom is -0.481 e. The summed E-state index contributed by atoms with van der Waals surface area (Å²) in [4.78, 5) is 23.9. The Morgan fingerprint density at radius 3 is 2.41 bits per heavy atom. The lowest BCUT2D eigenvalue weighted by atomic mass is 9.78. The minimum absolute atomic E-state index is 0.247. The molecule has 0 aromatic heterocycles. The number of ether oxygens (including phenoxy) is 1. The van der Waals surface area contributed by atoms with Crippen LogP contribution in [0.25, 0.3) is 0 Å². The molecule has 2 N–H and O–H groups in total. The van der Waals surface area contributed by atoms with E-state index in [0.29, 0.717) is 5.69 Å². The van der Waals surface area contributed by atoms with Gasteiger partial charge in [-0.2, -0.15) is 0 Å². The van der Waals surface area contributed by atoms with Crippen LogP contribution >= 0.6 is 0 Å². The lowest BCUT2D eigenvalue weighted by Gasteiger charge is -2.23. The van der Waals surface area contributed by atoms with E-state index in [9.17, 15) is 14.7 Å². The van der Waals surface area contributed by atoms with E-state index in [0.717, 1.165) is 25.7 Å². The van der Waals surface area contributed by atoms with Gasteiger partial charge in [0.15, 0.2) is 0 Å². The summed E-state index contributed by atoms with van der Waals surface area (Å²) in [6.45, 7) is 2.12. The summed E-state index contributed by atoms with van der Waals surface area (Å²) in [6, 6.07) is 7.72. The van der Waals surface area contributed by atoms with Gasteiger partial charge in [-0.25, -0.2) is 0 Å². The predicted molar refractivity (Wildman–Crippen MR) is 81.6 cm³/mol. The van der Waals surface area contributed by atoms with Crippen LogP contribution in [0.2, 0.25) is 0 Å². The van der Waals surface area contributed by atoms with E-state index in [-0.39, 0.29) is 18.1 Å². The molecule has 0 spiro atoms. The quantitative estimate of drug-likeness (QED) is 0.876. The van der Waals surface area contributed by atoms with E-state index < -0.39 is 17.8 Å². The number of carbonyl (C=O) groups excluding carboxylic acids is 1. The summed E-state index contributed by atoms with van der Waals surface area (Å²) < 4.78 is 5.63. The second-order valence-corrected chi connectivity index (χ2v) is 6.12. The summed E-state index contributed by atoms with van der Waals surface area (Å²) in [6.07, 6.45) is 3.01. The van der Waals surface area contributed by atoms with Gasteiger partial charge in [-0.15, -0.1) is 0 Å². The molecule has 0 unspecified atom stereocenters. The molecule has 118 valence electrons. The zero-order valence-electron chi connectivity index (χ0n) is 12.6. The number of carboxylic acids is 1. The molecule has 5 heteroatoms. The van der Waals surface area contributed by atoms with E-state index in [4.69, 9.17) is 4.74 Å². The standard InChI is InChI=1S/C17H21NO4/c1-2-3-10-4-6-11(7-5-10)18-16(19)14-12-8-9-13(22-12)15(14)17(20)21/h4-7,12-15H,2-3,8-9H2,1H3,(H,18,19)(H,20,21)/t12-,13-,14-,15-/m0/s1. The average molecular weight is 303 g/mol. The summed E-state index contributed by atoms with van der Waals surface area (Å²) in [5, 5.41) is 12.2. The van der Waals surface area contributed by atoms with Gasteiger partial charge < -0.3 is 15.2 Å². The third-order valence-electron chi connectivity index (χ3n) is 4.62. The number of aryl methyl sites for hydroxylation is 1. The van der Waals surface area contributed by atoms with Crippen molar-refractivity contribution in [2.24, 2.45) is 11.8 Å². The zero-order chi connectivity index (χ0) is 15.7. The first-order valence-corrected chi connectivity index (χ1v) is 7.88. The van der Waals surface area contributed by atoms with Gasteiger partial charge in [0, 0.05) is 5.69 Å². The summed E-state index contributed by atoms with van der Waals surface area (Å²) >= 11 is 0. The Balaban J connectivity index is 1.69. The molecule has 1 amide bonds. The average Bonchev–Trinajstić information content (AvgIpc) is 3.10. The fourth-order valence-corrected chi connectivity index (χ4v) is 3.59. The van der Waals surface area contributed by atoms with Crippen LogP contribution in [0, 0.1) is 11.8 Å². The SMILES string of the molecule is CCCc1ccc(NC(=O)[C@@H]2[C@@H](C(=O)O)[C@@H]3CC[C@@H]2O3)cc1. The number of carbonyl (C=O) groups is 2. The normalized spacial score (nSPS) is 29.5. The summed E-state index contributed by atoms with van der Waals surface area (Å²) in [5.74, 6) is -2.50. The summed E-state index contributed by atoms with van der Waals surface area (Å²) in [7, 11) is 0. The number of amides is 1. The van der Waals surface area contributed by atoms with Crippen LogP contribution in [-0.2, 0) is 20.7 Å². The second-order valence-electron chi connectivity index (χ2n) is 6.12. The van der Waals surface area contributed by atoms with Crippen LogP contribution in [0.5, 0.6) is 0 Å². The fourth-order valence-electron chi connectivity index (χ4n) is 3.59.